The first kappa shape index (κ1) is 14.6. The fourth-order valence-corrected chi connectivity index (χ4v) is 2.38. The summed E-state index contributed by atoms with van der Waals surface area (Å²) in [4.78, 5) is 15.2. The molecule has 1 heterocycles. The lowest BCUT2D eigenvalue weighted by atomic mass is 10.0. The van der Waals surface area contributed by atoms with Gasteiger partial charge in [-0.05, 0) is 32.4 Å². The standard InChI is InChI=1S/C16H22N2O2/c1-16(2,3)18-14(15(19)20-4)9-11-10-17-13-8-6-5-7-12(11)13/h5-8,10,14,17-18H,9H2,1-4H3/t14-/m0/s1. The van der Waals surface area contributed by atoms with E-state index < -0.39 is 0 Å². The normalized spacial score (nSPS) is 13.4. The van der Waals surface area contributed by atoms with Gasteiger partial charge in [0.1, 0.15) is 6.04 Å². The summed E-state index contributed by atoms with van der Waals surface area (Å²) >= 11 is 0. The molecule has 0 unspecified atom stereocenters. The van der Waals surface area contributed by atoms with Crippen LogP contribution < -0.4 is 5.32 Å². The molecule has 0 fully saturated rings. The lowest BCUT2D eigenvalue weighted by Gasteiger charge is -2.26. The Hall–Kier alpha value is -1.81. The minimum atomic E-state index is -0.348. The Morgan fingerprint density at radius 3 is 2.70 bits per heavy atom. The average molecular weight is 274 g/mol. The lowest BCUT2D eigenvalue weighted by Crippen LogP contribution is -2.49. The summed E-state index contributed by atoms with van der Waals surface area (Å²) in [5, 5.41) is 4.47. The predicted octanol–water partition coefficient (Wildman–Crippen LogP) is 2.64. The highest BCUT2D eigenvalue weighted by Crippen LogP contribution is 2.20. The average Bonchev–Trinajstić information content (AvgIpc) is 2.79. The quantitative estimate of drug-likeness (QED) is 0.843. The van der Waals surface area contributed by atoms with Crippen LogP contribution >= 0.6 is 0 Å². The van der Waals surface area contributed by atoms with Crippen LogP contribution in [0.3, 0.4) is 0 Å². The maximum absolute atomic E-state index is 12.0. The van der Waals surface area contributed by atoms with Crippen LogP contribution in [-0.2, 0) is 16.0 Å². The maximum Gasteiger partial charge on any atom is 0.323 e. The number of methoxy groups -OCH3 is 1. The topological polar surface area (TPSA) is 54.1 Å². The molecule has 4 heteroatoms. The number of nitrogens with one attached hydrogen (secondary N) is 2. The Bertz CT molecular complexity index is 596. The SMILES string of the molecule is COC(=O)[C@H](Cc1c[nH]c2ccccc12)NC(C)(C)C. The molecule has 2 N–H and O–H groups in total. The monoisotopic (exact) mass is 274 g/mol. The van der Waals surface area contributed by atoms with Crippen LogP contribution in [0.5, 0.6) is 0 Å². The van der Waals surface area contributed by atoms with Gasteiger partial charge in [0.15, 0.2) is 0 Å². The third-order valence-electron chi connectivity index (χ3n) is 3.19. The third kappa shape index (κ3) is 3.39. The first-order chi connectivity index (χ1) is 9.40. The number of aromatic amines is 1. The van der Waals surface area contributed by atoms with Crippen LogP contribution in [0, 0.1) is 0 Å². The number of esters is 1. The second kappa shape index (κ2) is 5.67. The molecular weight excluding hydrogens is 252 g/mol. The zero-order valence-corrected chi connectivity index (χ0v) is 12.5. The van der Waals surface area contributed by atoms with Gasteiger partial charge in [-0.25, -0.2) is 0 Å². The van der Waals surface area contributed by atoms with E-state index in [1.807, 2.05) is 45.2 Å². The van der Waals surface area contributed by atoms with Crippen molar-refractivity contribution in [3.8, 4) is 0 Å². The molecule has 0 radical (unpaired) electrons. The van der Waals surface area contributed by atoms with Crippen molar-refractivity contribution in [3.05, 3.63) is 36.0 Å². The molecule has 0 bridgehead atoms. The van der Waals surface area contributed by atoms with E-state index in [1.165, 1.54) is 7.11 Å². The van der Waals surface area contributed by atoms with Crippen LogP contribution in [0.25, 0.3) is 10.9 Å². The molecule has 0 aliphatic heterocycles. The van der Waals surface area contributed by atoms with E-state index in [4.69, 9.17) is 4.74 Å². The van der Waals surface area contributed by atoms with Gasteiger partial charge in [0.05, 0.1) is 7.11 Å². The van der Waals surface area contributed by atoms with Crippen molar-refractivity contribution in [3.63, 3.8) is 0 Å². The Kier molecular flexibility index (Phi) is 4.14. The molecule has 0 aliphatic carbocycles. The molecule has 0 aliphatic rings. The molecule has 20 heavy (non-hydrogen) atoms. The van der Waals surface area contributed by atoms with Crippen molar-refractivity contribution in [2.24, 2.45) is 0 Å². The fraction of sp³-hybridized carbons (Fsp3) is 0.438. The van der Waals surface area contributed by atoms with E-state index >= 15 is 0 Å². The second-order valence-corrected chi connectivity index (χ2v) is 6.03. The maximum atomic E-state index is 12.0. The number of hydrogen-bond donors (Lipinski definition) is 2. The number of para-hydroxylation sites is 1. The van der Waals surface area contributed by atoms with E-state index in [-0.39, 0.29) is 17.6 Å². The molecule has 0 saturated carbocycles. The largest absolute Gasteiger partial charge is 0.468 e. The van der Waals surface area contributed by atoms with Crippen LogP contribution in [0.1, 0.15) is 26.3 Å². The summed E-state index contributed by atoms with van der Waals surface area (Å²) in [6, 6.07) is 7.74. The number of rotatable bonds is 4. The van der Waals surface area contributed by atoms with E-state index in [1.54, 1.807) is 0 Å². The van der Waals surface area contributed by atoms with Gasteiger partial charge in [-0.15, -0.1) is 0 Å². The van der Waals surface area contributed by atoms with Gasteiger partial charge in [0, 0.05) is 29.1 Å². The Balaban J connectivity index is 2.25. The van der Waals surface area contributed by atoms with E-state index in [9.17, 15) is 4.79 Å². The van der Waals surface area contributed by atoms with Gasteiger partial charge >= 0.3 is 5.97 Å². The first-order valence-electron chi connectivity index (χ1n) is 6.81. The van der Waals surface area contributed by atoms with Crippen molar-refractivity contribution in [1.29, 1.82) is 0 Å². The number of hydrogen-bond acceptors (Lipinski definition) is 3. The first-order valence-corrected chi connectivity index (χ1v) is 6.81. The summed E-state index contributed by atoms with van der Waals surface area (Å²) in [5.74, 6) is -0.231. The molecular formula is C16H22N2O2. The van der Waals surface area contributed by atoms with Crippen molar-refractivity contribution in [1.82, 2.24) is 10.3 Å². The molecule has 1 aromatic heterocycles. The predicted molar refractivity (Wildman–Crippen MR) is 80.7 cm³/mol. The summed E-state index contributed by atoms with van der Waals surface area (Å²) in [5.41, 5.74) is 2.06. The summed E-state index contributed by atoms with van der Waals surface area (Å²) < 4.78 is 4.91. The van der Waals surface area contributed by atoms with Gasteiger partial charge in [0.25, 0.3) is 0 Å². The highest BCUT2D eigenvalue weighted by molar-refractivity contribution is 5.84. The van der Waals surface area contributed by atoms with Crippen LogP contribution in [-0.4, -0.2) is 29.6 Å². The Morgan fingerprint density at radius 2 is 2.05 bits per heavy atom. The summed E-state index contributed by atoms with van der Waals surface area (Å²) in [6.07, 6.45) is 2.57. The number of fused-ring (bicyclic) bond motifs is 1. The van der Waals surface area contributed by atoms with Crippen molar-refractivity contribution < 1.29 is 9.53 Å². The van der Waals surface area contributed by atoms with Gasteiger partial charge in [-0.3, -0.25) is 10.1 Å². The number of carbonyl (C=O) groups excluding carboxylic acids is 1. The lowest BCUT2D eigenvalue weighted by molar-refractivity contribution is -0.143. The van der Waals surface area contributed by atoms with Crippen LogP contribution in [0.4, 0.5) is 0 Å². The molecule has 0 saturated heterocycles. The highest BCUT2D eigenvalue weighted by atomic mass is 16.5. The van der Waals surface area contributed by atoms with Gasteiger partial charge < -0.3 is 9.72 Å². The molecule has 1 aromatic carbocycles. The zero-order valence-electron chi connectivity index (χ0n) is 12.5. The minimum Gasteiger partial charge on any atom is -0.468 e. The molecule has 0 spiro atoms. The van der Waals surface area contributed by atoms with Crippen molar-refractivity contribution >= 4 is 16.9 Å². The Morgan fingerprint density at radius 1 is 1.35 bits per heavy atom. The number of aromatic nitrogens is 1. The Labute approximate surface area is 119 Å². The van der Waals surface area contributed by atoms with Crippen LogP contribution in [0.15, 0.2) is 30.5 Å². The number of benzene rings is 1. The summed E-state index contributed by atoms with van der Waals surface area (Å²) in [7, 11) is 1.43. The minimum absolute atomic E-state index is 0.148. The van der Waals surface area contributed by atoms with Crippen molar-refractivity contribution in [2.75, 3.05) is 7.11 Å². The van der Waals surface area contributed by atoms with Gasteiger partial charge in [-0.2, -0.15) is 0 Å². The molecule has 1 atom stereocenters. The van der Waals surface area contributed by atoms with Gasteiger partial charge in [0.2, 0.25) is 0 Å². The third-order valence-corrected chi connectivity index (χ3v) is 3.19. The zero-order chi connectivity index (χ0) is 14.8. The number of carbonyl (C=O) groups is 1. The molecule has 4 nitrogen and oxygen atoms in total. The molecule has 0 amide bonds. The second-order valence-electron chi connectivity index (χ2n) is 6.03. The number of ether oxygens (including phenoxy) is 1. The molecule has 2 aromatic rings. The van der Waals surface area contributed by atoms with Gasteiger partial charge in [-0.1, -0.05) is 18.2 Å². The van der Waals surface area contributed by atoms with Crippen molar-refractivity contribution in [2.45, 2.75) is 38.8 Å². The van der Waals surface area contributed by atoms with E-state index in [0.717, 1.165) is 16.5 Å². The summed E-state index contributed by atoms with van der Waals surface area (Å²) in [6.45, 7) is 6.12. The smallest absolute Gasteiger partial charge is 0.323 e. The van der Waals surface area contributed by atoms with Crippen LogP contribution in [0.2, 0.25) is 0 Å². The fourth-order valence-electron chi connectivity index (χ4n) is 2.38. The van der Waals surface area contributed by atoms with E-state index in [2.05, 4.69) is 16.4 Å². The highest BCUT2D eigenvalue weighted by Gasteiger charge is 2.25. The number of H-pyrrole nitrogens is 1. The van der Waals surface area contributed by atoms with E-state index in [0.29, 0.717) is 6.42 Å². The molecule has 2 rings (SSSR count). The molecule has 108 valence electrons.